The van der Waals surface area contributed by atoms with Gasteiger partial charge in [-0.2, -0.15) is 0 Å². The topological polar surface area (TPSA) is 108 Å². The first-order valence-corrected chi connectivity index (χ1v) is 11.3. The van der Waals surface area contributed by atoms with Crippen molar-refractivity contribution in [2.45, 2.75) is 54.2 Å². The third-order valence-electron chi connectivity index (χ3n) is 5.72. The van der Waals surface area contributed by atoms with E-state index in [4.69, 9.17) is 11.6 Å². The van der Waals surface area contributed by atoms with Crippen LogP contribution in [0.4, 0.5) is 10.5 Å². The van der Waals surface area contributed by atoms with Crippen molar-refractivity contribution < 1.29 is 19.2 Å². The number of carbonyl (C=O) groups excluding carboxylic acids is 4. The lowest BCUT2D eigenvalue weighted by atomic mass is 9.98. The summed E-state index contributed by atoms with van der Waals surface area (Å²) in [6, 6.07) is 4.90. The number of nitrogens with one attached hydrogen (secondary N) is 3. The van der Waals surface area contributed by atoms with E-state index in [0.29, 0.717) is 36.5 Å². The summed E-state index contributed by atoms with van der Waals surface area (Å²) in [5.41, 5.74) is -0.0466. The van der Waals surface area contributed by atoms with Crippen molar-refractivity contribution in [2.75, 3.05) is 18.4 Å². The summed E-state index contributed by atoms with van der Waals surface area (Å²) in [6.45, 7) is 0.591. The summed E-state index contributed by atoms with van der Waals surface area (Å²) in [7, 11) is 0. The normalized spacial score (nSPS) is 22.1. The molecule has 0 unspecified atom stereocenters. The van der Waals surface area contributed by atoms with E-state index in [9.17, 15) is 19.2 Å². The van der Waals surface area contributed by atoms with Crippen LogP contribution in [-0.4, -0.2) is 52.5 Å². The number of benzene rings is 1. The molecule has 1 aromatic rings. The molecule has 10 heteroatoms. The zero-order chi connectivity index (χ0) is 21.3. The van der Waals surface area contributed by atoms with Crippen LogP contribution in [0.2, 0.25) is 5.02 Å². The summed E-state index contributed by atoms with van der Waals surface area (Å²) < 4.78 is 0. The Morgan fingerprint density at radius 2 is 2.03 bits per heavy atom. The second-order valence-electron chi connectivity index (χ2n) is 7.82. The standard InChI is InChI=1S/C20H23ClN4O4S/c21-12-4-5-14-13(10-12)23-17(27)15(30-14)11-16(26)22-8-3-9-25-18(28)20(24-19(25)29)6-1-2-7-20/h4-5,10,15H,1-3,6-9,11H2,(H,22,26)(H,23,27)(H,24,29)/t15-/m0/s1. The molecule has 0 bridgehead atoms. The van der Waals surface area contributed by atoms with Gasteiger partial charge in [0.15, 0.2) is 0 Å². The molecular formula is C20H23ClN4O4S. The van der Waals surface area contributed by atoms with Crippen LogP contribution in [0.25, 0.3) is 0 Å². The van der Waals surface area contributed by atoms with Gasteiger partial charge in [-0.3, -0.25) is 19.3 Å². The fourth-order valence-corrected chi connectivity index (χ4v) is 5.42. The number of carbonyl (C=O) groups is 4. The number of rotatable bonds is 6. The van der Waals surface area contributed by atoms with Crippen LogP contribution in [0.1, 0.15) is 38.5 Å². The van der Waals surface area contributed by atoms with Gasteiger partial charge in [-0.15, -0.1) is 11.8 Å². The monoisotopic (exact) mass is 450 g/mol. The van der Waals surface area contributed by atoms with Crippen molar-refractivity contribution in [2.24, 2.45) is 0 Å². The van der Waals surface area contributed by atoms with Gasteiger partial charge in [-0.25, -0.2) is 4.79 Å². The lowest BCUT2D eigenvalue weighted by Crippen LogP contribution is -2.44. The predicted octanol–water partition coefficient (Wildman–Crippen LogP) is 2.51. The summed E-state index contributed by atoms with van der Waals surface area (Å²) in [4.78, 5) is 51.4. The molecule has 0 aromatic heterocycles. The first-order chi connectivity index (χ1) is 14.4. The maximum absolute atomic E-state index is 12.6. The van der Waals surface area contributed by atoms with Gasteiger partial charge in [0, 0.05) is 29.4 Å². The van der Waals surface area contributed by atoms with Crippen molar-refractivity contribution in [1.29, 1.82) is 0 Å². The number of hydrogen-bond acceptors (Lipinski definition) is 5. The molecule has 1 spiro atoms. The Labute approximate surface area is 183 Å². The number of thioether (sulfide) groups is 1. The molecule has 2 fully saturated rings. The minimum absolute atomic E-state index is 0.0464. The summed E-state index contributed by atoms with van der Waals surface area (Å²) in [5.74, 6) is -0.624. The fourth-order valence-electron chi connectivity index (χ4n) is 4.16. The maximum Gasteiger partial charge on any atom is 0.325 e. The van der Waals surface area contributed by atoms with Crippen LogP contribution in [0, 0.1) is 0 Å². The highest BCUT2D eigenvalue weighted by molar-refractivity contribution is 8.01. The Kier molecular flexibility index (Phi) is 5.92. The quantitative estimate of drug-likeness (QED) is 0.456. The highest BCUT2D eigenvalue weighted by atomic mass is 35.5. The molecule has 1 saturated carbocycles. The second kappa shape index (κ2) is 8.47. The van der Waals surface area contributed by atoms with Gasteiger partial charge in [-0.05, 0) is 37.5 Å². The first-order valence-electron chi connectivity index (χ1n) is 10.1. The fraction of sp³-hybridized carbons (Fsp3) is 0.500. The van der Waals surface area contributed by atoms with Crippen molar-refractivity contribution in [3.8, 4) is 0 Å². The minimum atomic E-state index is -0.702. The maximum atomic E-state index is 12.6. The third kappa shape index (κ3) is 4.13. The van der Waals surface area contributed by atoms with E-state index in [0.717, 1.165) is 17.7 Å². The van der Waals surface area contributed by atoms with Crippen molar-refractivity contribution >= 4 is 52.8 Å². The van der Waals surface area contributed by atoms with Gasteiger partial charge in [-0.1, -0.05) is 24.4 Å². The first kappa shape index (κ1) is 21.0. The Bertz CT molecular complexity index is 903. The molecule has 4 rings (SSSR count). The van der Waals surface area contributed by atoms with Crippen LogP contribution >= 0.6 is 23.4 Å². The largest absolute Gasteiger partial charge is 0.356 e. The smallest absolute Gasteiger partial charge is 0.325 e. The van der Waals surface area contributed by atoms with Crippen LogP contribution in [0.15, 0.2) is 23.1 Å². The van der Waals surface area contributed by atoms with Crippen LogP contribution in [0.3, 0.4) is 0 Å². The van der Waals surface area contributed by atoms with E-state index in [-0.39, 0.29) is 36.7 Å². The van der Waals surface area contributed by atoms with Gasteiger partial charge in [0.25, 0.3) is 5.91 Å². The SMILES string of the molecule is O=C(C[C@@H]1Sc2ccc(Cl)cc2NC1=O)NCCCN1C(=O)NC2(CCCC2)C1=O. The summed E-state index contributed by atoms with van der Waals surface area (Å²) in [5, 5.41) is 8.42. The average molecular weight is 451 g/mol. The van der Waals surface area contributed by atoms with Crippen LogP contribution < -0.4 is 16.0 Å². The van der Waals surface area contributed by atoms with Crippen molar-refractivity contribution in [3.63, 3.8) is 0 Å². The van der Waals surface area contributed by atoms with E-state index < -0.39 is 10.8 Å². The Balaban J connectivity index is 1.22. The third-order valence-corrected chi connectivity index (χ3v) is 7.23. The summed E-state index contributed by atoms with van der Waals surface area (Å²) >= 11 is 7.28. The van der Waals surface area contributed by atoms with Crippen LogP contribution in [-0.2, 0) is 14.4 Å². The van der Waals surface area contributed by atoms with Crippen molar-refractivity contribution in [1.82, 2.24) is 15.5 Å². The molecule has 30 heavy (non-hydrogen) atoms. The number of hydrogen-bond donors (Lipinski definition) is 3. The van der Waals surface area contributed by atoms with Crippen LogP contribution in [0.5, 0.6) is 0 Å². The lowest BCUT2D eigenvalue weighted by Gasteiger charge is -2.24. The Morgan fingerprint density at radius 1 is 1.27 bits per heavy atom. The molecule has 5 amide bonds. The van der Waals surface area contributed by atoms with E-state index in [1.54, 1.807) is 12.1 Å². The predicted molar refractivity (Wildman–Crippen MR) is 113 cm³/mol. The molecule has 3 aliphatic rings. The molecule has 1 saturated heterocycles. The number of imide groups is 1. The van der Waals surface area contributed by atoms with E-state index >= 15 is 0 Å². The second-order valence-corrected chi connectivity index (χ2v) is 9.50. The summed E-state index contributed by atoms with van der Waals surface area (Å²) in [6.07, 6.45) is 3.79. The van der Waals surface area contributed by atoms with Gasteiger partial charge in [0.1, 0.15) is 5.54 Å². The molecule has 1 aliphatic carbocycles. The minimum Gasteiger partial charge on any atom is -0.356 e. The van der Waals surface area contributed by atoms with E-state index in [1.165, 1.54) is 16.7 Å². The van der Waals surface area contributed by atoms with E-state index in [2.05, 4.69) is 16.0 Å². The Hall–Kier alpha value is -2.26. The Morgan fingerprint density at radius 3 is 2.80 bits per heavy atom. The number of urea groups is 1. The lowest BCUT2D eigenvalue weighted by molar-refractivity contribution is -0.131. The van der Waals surface area contributed by atoms with Crippen molar-refractivity contribution in [3.05, 3.63) is 23.2 Å². The van der Waals surface area contributed by atoms with Gasteiger partial charge in [0.2, 0.25) is 11.8 Å². The number of nitrogens with zero attached hydrogens (tertiary/aromatic N) is 1. The molecule has 8 nitrogen and oxygen atoms in total. The molecule has 3 N–H and O–H groups in total. The number of fused-ring (bicyclic) bond motifs is 1. The molecular weight excluding hydrogens is 428 g/mol. The highest BCUT2D eigenvalue weighted by Gasteiger charge is 2.52. The zero-order valence-electron chi connectivity index (χ0n) is 16.3. The zero-order valence-corrected chi connectivity index (χ0v) is 17.9. The molecule has 0 radical (unpaired) electrons. The molecule has 2 aliphatic heterocycles. The molecule has 2 heterocycles. The van der Waals surface area contributed by atoms with Gasteiger partial charge < -0.3 is 16.0 Å². The number of amides is 5. The molecule has 160 valence electrons. The van der Waals surface area contributed by atoms with Gasteiger partial charge >= 0.3 is 6.03 Å². The van der Waals surface area contributed by atoms with Gasteiger partial charge in [0.05, 0.1) is 10.9 Å². The average Bonchev–Trinajstić information content (AvgIpc) is 3.26. The molecule has 1 atom stereocenters. The molecule has 1 aromatic carbocycles. The van der Waals surface area contributed by atoms with E-state index in [1.807, 2.05) is 6.07 Å². The number of anilines is 1. The highest BCUT2D eigenvalue weighted by Crippen LogP contribution is 2.38. The number of halogens is 1.